The molecule has 2 nitrogen and oxygen atoms in total. The standard InChI is InChI=1S/C7H10Br2O2.In.3H/c8-5-3-1-2-4-7(5,9)6(10)11;;;;/h5H,1-4H2,(H,10,11);;;;. The molecule has 0 radical (unpaired) electrons. The van der Waals surface area contributed by atoms with Crippen molar-refractivity contribution >= 4 is 63.7 Å². The number of hydrogen-bond acceptors (Lipinski definition) is 1. The third kappa shape index (κ3) is 2.64. The fraction of sp³-hybridized carbons (Fsp3) is 0.857. The van der Waals surface area contributed by atoms with Crippen molar-refractivity contribution in [2.45, 2.75) is 34.8 Å². The Morgan fingerprint density at radius 3 is 2.42 bits per heavy atom. The van der Waals surface area contributed by atoms with E-state index in [0.717, 1.165) is 25.7 Å². The molecule has 12 heavy (non-hydrogen) atoms. The second-order valence-electron chi connectivity index (χ2n) is 2.88. The summed E-state index contributed by atoms with van der Waals surface area (Å²) in [6, 6.07) is 0. The molecule has 70 valence electrons. The molecule has 1 aliphatic carbocycles. The van der Waals surface area contributed by atoms with Crippen molar-refractivity contribution in [3.63, 3.8) is 0 Å². The van der Waals surface area contributed by atoms with E-state index in [0.29, 0.717) is 0 Å². The summed E-state index contributed by atoms with van der Waals surface area (Å²) >= 11 is 6.66. The maximum absolute atomic E-state index is 10.8. The van der Waals surface area contributed by atoms with Crippen molar-refractivity contribution in [1.82, 2.24) is 0 Å². The van der Waals surface area contributed by atoms with Gasteiger partial charge in [-0.2, -0.15) is 0 Å². The molecule has 0 heterocycles. The van der Waals surface area contributed by atoms with Crippen LogP contribution in [0.25, 0.3) is 0 Å². The summed E-state index contributed by atoms with van der Waals surface area (Å²) in [5.41, 5.74) is 0. The predicted octanol–water partition coefficient (Wildman–Crippen LogP) is 1.36. The average Bonchev–Trinajstić information content (AvgIpc) is 1.95. The number of carboxylic acids is 1. The Hall–Kier alpha value is 1.30. The number of rotatable bonds is 1. The summed E-state index contributed by atoms with van der Waals surface area (Å²) in [7, 11) is 0. The third-order valence-corrected chi connectivity index (χ3v) is 5.24. The number of alkyl halides is 2. The second kappa shape index (κ2) is 5.25. The summed E-state index contributed by atoms with van der Waals surface area (Å²) < 4.78 is -0.717. The van der Waals surface area contributed by atoms with Crippen molar-refractivity contribution in [3.8, 4) is 0 Å². The molecular weight excluding hydrogens is 391 g/mol. The van der Waals surface area contributed by atoms with Gasteiger partial charge in [-0.1, -0.05) is 44.7 Å². The molecule has 0 amide bonds. The molecule has 0 aromatic heterocycles. The molecule has 0 bridgehead atoms. The van der Waals surface area contributed by atoms with Crippen LogP contribution in [-0.4, -0.2) is 46.1 Å². The van der Waals surface area contributed by atoms with Crippen LogP contribution in [0.5, 0.6) is 0 Å². The van der Waals surface area contributed by atoms with Crippen molar-refractivity contribution in [3.05, 3.63) is 0 Å². The van der Waals surface area contributed by atoms with Gasteiger partial charge in [-0.15, -0.1) is 0 Å². The normalized spacial score (nSPS) is 35.3. The fourth-order valence-corrected chi connectivity index (χ4v) is 2.59. The van der Waals surface area contributed by atoms with E-state index in [2.05, 4.69) is 31.9 Å². The SMILES string of the molecule is O=C(O)C1(Br)CCCCC1Br.[InH3]. The first-order chi connectivity index (χ1) is 5.07. The Kier molecular flexibility index (Phi) is 5.82. The fourth-order valence-electron chi connectivity index (χ4n) is 1.33. The zero-order valence-electron chi connectivity index (χ0n) is 6.02. The minimum absolute atomic E-state index is 0. The van der Waals surface area contributed by atoms with Gasteiger partial charge in [0.25, 0.3) is 0 Å². The molecule has 1 fully saturated rings. The maximum atomic E-state index is 10.8. The van der Waals surface area contributed by atoms with E-state index < -0.39 is 10.3 Å². The summed E-state index contributed by atoms with van der Waals surface area (Å²) in [4.78, 5) is 10.9. The Morgan fingerprint density at radius 1 is 1.50 bits per heavy atom. The zero-order valence-corrected chi connectivity index (χ0v) is 9.19. The molecule has 1 N–H and O–H groups in total. The molecule has 5 heteroatoms. The molecule has 0 aromatic rings. The van der Waals surface area contributed by atoms with Gasteiger partial charge in [-0.05, 0) is 12.8 Å². The van der Waals surface area contributed by atoms with Crippen LogP contribution in [-0.2, 0) is 4.79 Å². The van der Waals surface area contributed by atoms with Gasteiger partial charge in [0.15, 0.2) is 0 Å². The van der Waals surface area contributed by atoms with Gasteiger partial charge in [0.1, 0.15) is 4.32 Å². The number of carboxylic acid groups (broad SMARTS) is 1. The van der Waals surface area contributed by atoms with Gasteiger partial charge in [0, 0.05) is 4.83 Å². The van der Waals surface area contributed by atoms with Gasteiger partial charge < -0.3 is 5.11 Å². The van der Waals surface area contributed by atoms with E-state index >= 15 is 0 Å². The van der Waals surface area contributed by atoms with Crippen molar-refractivity contribution in [2.24, 2.45) is 0 Å². The minimum atomic E-state index is -0.751. The third-order valence-electron chi connectivity index (χ3n) is 2.10. The first-order valence-corrected chi connectivity index (χ1v) is 5.34. The molecule has 2 atom stereocenters. The number of halogens is 2. The Morgan fingerprint density at radius 2 is 2.08 bits per heavy atom. The molecule has 0 aliphatic heterocycles. The molecule has 1 saturated carbocycles. The van der Waals surface area contributed by atoms with Crippen LogP contribution >= 0.6 is 31.9 Å². The average molecular weight is 404 g/mol. The molecule has 2 unspecified atom stereocenters. The van der Waals surface area contributed by atoms with Crippen LogP contribution < -0.4 is 0 Å². The number of carbonyl (C=O) groups is 1. The van der Waals surface area contributed by atoms with Gasteiger partial charge in [-0.3, -0.25) is 4.79 Å². The van der Waals surface area contributed by atoms with E-state index in [1.54, 1.807) is 0 Å². The van der Waals surface area contributed by atoms with E-state index in [4.69, 9.17) is 5.11 Å². The summed E-state index contributed by atoms with van der Waals surface area (Å²) in [5, 5.41) is 8.89. The molecule has 0 spiro atoms. The van der Waals surface area contributed by atoms with E-state index in [-0.39, 0.29) is 30.7 Å². The van der Waals surface area contributed by atoms with Crippen molar-refractivity contribution in [1.29, 1.82) is 0 Å². The van der Waals surface area contributed by atoms with Crippen LogP contribution in [0.2, 0.25) is 0 Å². The van der Waals surface area contributed by atoms with Gasteiger partial charge in [0.2, 0.25) is 0 Å². The van der Waals surface area contributed by atoms with Crippen LogP contribution in [0.3, 0.4) is 0 Å². The topological polar surface area (TPSA) is 37.3 Å². The van der Waals surface area contributed by atoms with Crippen molar-refractivity contribution in [2.75, 3.05) is 0 Å². The Bertz CT molecular complexity index is 177. The van der Waals surface area contributed by atoms with Crippen molar-refractivity contribution < 1.29 is 9.90 Å². The quantitative estimate of drug-likeness (QED) is 0.671. The first kappa shape index (κ1) is 13.3. The van der Waals surface area contributed by atoms with Gasteiger partial charge in [0.05, 0.1) is 0 Å². The molecule has 0 aromatic carbocycles. The molecule has 1 rings (SSSR count). The van der Waals surface area contributed by atoms with Gasteiger partial charge in [-0.25, -0.2) is 0 Å². The van der Waals surface area contributed by atoms with Crippen LogP contribution in [0.15, 0.2) is 0 Å². The van der Waals surface area contributed by atoms with E-state index in [9.17, 15) is 4.79 Å². The number of hydrogen-bond donors (Lipinski definition) is 1. The van der Waals surface area contributed by atoms with E-state index in [1.165, 1.54) is 0 Å². The van der Waals surface area contributed by atoms with Crippen LogP contribution in [0.1, 0.15) is 25.7 Å². The van der Waals surface area contributed by atoms with Crippen LogP contribution in [0.4, 0.5) is 0 Å². The van der Waals surface area contributed by atoms with E-state index in [1.807, 2.05) is 0 Å². The van der Waals surface area contributed by atoms with Crippen LogP contribution in [0, 0.1) is 0 Å². The molecule has 0 saturated heterocycles. The monoisotopic (exact) mass is 402 g/mol. The zero-order chi connectivity index (χ0) is 8.48. The summed E-state index contributed by atoms with van der Waals surface area (Å²) in [6.07, 6.45) is 3.78. The first-order valence-electron chi connectivity index (χ1n) is 3.64. The van der Waals surface area contributed by atoms with Gasteiger partial charge >= 0.3 is 31.8 Å². The summed E-state index contributed by atoms with van der Waals surface area (Å²) in [6.45, 7) is 0. The summed E-state index contributed by atoms with van der Waals surface area (Å²) in [5.74, 6) is -0.751. The Balaban J connectivity index is 0.00000121. The second-order valence-corrected chi connectivity index (χ2v) is 5.40. The number of aliphatic carboxylic acids is 1. The predicted molar refractivity (Wildman–Crippen MR) is 60.4 cm³/mol. The molecular formula is C7H13Br2InO2. The Labute approximate surface area is 108 Å². The molecule has 1 aliphatic rings.